The van der Waals surface area contributed by atoms with Crippen molar-refractivity contribution in [2.24, 2.45) is 5.92 Å². The van der Waals surface area contributed by atoms with Crippen LogP contribution in [-0.2, 0) is 26.3 Å². The number of carbonyl (C=O) groups is 1. The summed E-state index contributed by atoms with van der Waals surface area (Å²) in [6, 6.07) is 9.84. The van der Waals surface area contributed by atoms with Gasteiger partial charge in [-0.05, 0) is 18.4 Å². The molecular weight excluding hydrogens is 342 g/mol. The number of piperidine rings is 1. The van der Waals surface area contributed by atoms with E-state index in [1.165, 1.54) is 22.7 Å². The minimum absolute atomic E-state index is 0.109. The first-order valence-corrected chi connectivity index (χ1v) is 9.88. The number of carbonyl (C=O) groups excluding carboxylic acids is 1. The van der Waals surface area contributed by atoms with Crippen molar-refractivity contribution in [1.82, 2.24) is 13.9 Å². The van der Waals surface area contributed by atoms with Crippen molar-refractivity contribution in [2.75, 3.05) is 40.3 Å². The van der Waals surface area contributed by atoms with Crippen LogP contribution in [0.1, 0.15) is 18.4 Å². The van der Waals surface area contributed by atoms with Gasteiger partial charge < -0.3 is 10.1 Å². The van der Waals surface area contributed by atoms with Gasteiger partial charge in [-0.2, -0.15) is 17.0 Å². The van der Waals surface area contributed by atoms with E-state index in [2.05, 4.69) is 5.32 Å². The second kappa shape index (κ2) is 9.28. The molecule has 8 heteroatoms. The molecule has 1 aliphatic rings. The first-order chi connectivity index (χ1) is 11.9. The molecule has 0 bridgehead atoms. The molecule has 25 heavy (non-hydrogen) atoms. The predicted octanol–water partition coefficient (Wildman–Crippen LogP) is 0.838. The van der Waals surface area contributed by atoms with Crippen molar-refractivity contribution in [2.45, 2.75) is 19.4 Å². The summed E-state index contributed by atoms with van der Waals surface area (Å²) in [5.41, 5.74) is 1.09. The lowest BCUT2D eigenvalue weighted by Gasteiger charge is -2.32. The zero-order valence-electron chi connectivity index (χ0n) is 14.8. The Balaban J connectivity index is 1.71. The lowest BCUT2D eigenvalue weighted by atomic mass is 9.99. The van der Waals surface area contributed by atoms with E-state index in [9.17, 15) is 13.2 Å². The number of hydrogen-bond acceptors (Lipinski definition) is 4. The number of rotatable bonds is 8. The van der Waals surface area contributed by atoms with Gasteiger partial charge in [0, 0.05) is 33.7 Å². The van der Waals surface area contributed by atoms with Crippen LogP contribution in [0.5, 0.6) is 0 Å². The van der Waals surface area contributed by atoms with Crippen LogP contribution in [0.4, 0.5) is 0 Å². The third-order valence-corrected chi connectivity index (χ3v) is 6.11. The molecule has 0 unspecified atom stereocenters. The van der Waals surface area contributed by atoms with E-state index in [1.807, 2.05) is 30.3 Å². The average Bonchev–Trinajstić information content (AvgIpc) is 2.62. The van der Waals surface area contributed by atoms with Gasteiger partial charge in [-0.3, -0.25) is 4.79 Å². The highest BCUT2D eigenvalue weighted by Gasteiger charge is 2.33. The van der Waals surface area contributed by atoms with Gasteiger partial charge >= 0.3 is 0 Å². The number of nitrogens with one attached hydrogen (secondary N) is 1. The Kier molecular flexibility index (Phi) is 7.37. The Morgan fingerprint density at radius 2 is 2.04 bits per heavy atom. The molecule has 0 aromatic heterocycles. The predicted molar refractivity (Wildman–Crippen MR) is 96.0 cm³/mol. The highest BCUT2D eigenvalue weighted by atomic mass is 32.2. The molecule has 0 spiro atoms. The van der Waals surface area contributed by atoms with Crippen LogP contribution in [0.3, 0.4) is 0 Å². The number of amides is 1. The Labute approximate surface area is 150 Å². The van der Waals surface area contributed by atoms with E-state index in [4.69, 9.17) is 4.74 Å². The van der Waals surface area contributed by atoms with Crippen molar-refractivity contribution < 1.29 is 17.9 Å². The molecule has 1 saturated heterocycles. The van der Waals surface area contributed by atoms with Crippen molar-refractivity contribution in [3.05, 3.63) is 35.9 Å². The van der Waals surface area contributed by atoms with Gasteiger partial charge in [0.05, 0.1) is 19.1 Å². The minimum Gasteiger partial charge on any atom is -0.375 e. The van der Waals surface area contributed by atoms with Crippen LogP contribution in [0.2, 0.25) is 0 Å². The van der Waals surface area contributed by atoms with Gasteiger partial charge in [-0.1, -0.05) is 30.3 Å². The molecular formula is C17H27N3O4S. The lowest BCUT2D eigenvalue weighted by Crippen LogP contribution is -2.49. The molecule has 0 saturated carbocycles. The van der Waals surface area contributed by atoms with Crippen LogP contribution >= 0.6 is 0 Å². The molecule has 1 aliphatic heterocycles. The van der Waals surface area contributed by atoms with Gasteiger partial charge in [-0.25, -0.2) is 0 Å². The second-order valence-corrected chi connectivity index (χ2v) is 8.46. The summed E-state index contributed by atoms with van der Waals surface area (Å²) in [6.45, 7) is 2.05. The lowest BCUT2D eigenvalue weighted by molar-refractivity contribution is -0.126. The van der Waals surface area contributed by atoms with Crippen molar-refractivity contribution >= 4 is 16.1 Å². The molecule has 7 nitrogen and oxygen atoms in total. The molecule has 2 rings (SSSR count). The maximum Gasteiger partial charge on any atom is 0.281 e. The largest absolute Gasteiger partial charge is 0.375 e. The quantitative estimate of drug-likeness (QED) is 0.689. The van der Waals surface area contributed by atoms with E-state index in [0.29, 0.717) is 39.1 Å². The Bertz CT molecular complexity index is 649. The molecule has 1 aromatic carbocycles. The summed E-state index contributed by atoms with van der Waals surface area (Å²) in [5.74, 6) is -0.417. The van der Waals surface area contributed by atoms with E-state index >= 15 is 0 Å². The third kappa shape index (κ3) is 5.78. The van der Waals surface area contributed by atoms with Crippen LogP contribution in [0.15, 0.2) is 30.3 Å². The maximum atomic E-state index is 12.3. The van der Waals surface area contributed by atoms with Gasteiger partial charge in [-0.15, -0.1) is 0 Å². The fraction of sp³-hybridized carbons (Fsp3) is 0.588. The van der Waals surface area contributed by atoms with Gasteiger partial charge in [0.2, 0.25) is 5.91 Å². The molecule has 1 fully saturated rings. The highest BCUT2D eigenvalue weighted by molar-refractivity contribution is 7.86. The minimum atomic E-state index is -3.46. The molecule has 140 valence electrons. The number of ether oxygens (including phenoxy) is 1. The zero-order valence-corrected chi connectivity index (χ0v) is 15.7. The first kappa shape index (κ1) is 19.8. The standard InChI is InChI=1S/C17H27N3O4S/c1-19(2)25(22,23)20-11-6-9-16(13-20)17(21)18-10-12-24-14-15-7-4-3-5-8-15/h3-5,7-8,16H,6,9-14H2,1-2H3,(H,18,21)/t16-/m1/s1. The van der Waals surface area contributed by atoms with E-state index in [1.54, 1.807) is 0 Å². The fourth-order valence-electron chi connectivity index (χ4n) is 2.75. The van der Waals surface area contributed by atoms with E-state index < -0.39 is 10.2 Å². The van der Waals surface area contributed by atoms with Crippen LogP contribution in [0, 0.1) is 5.92 Å². The molecule has 0 aliphatic carbocycles. The molecule has 1 aromatic rings. The van der Waals surface area contributed by atoms with Gasteiger partial charge in [0.15, 0.2) is 0 Å². The van der Waals surface area contributed by atoms with E-state index in [-0.39, 0.29) is 18.4 Å². The SMILES string of the molecule is CN(C)S(=O)(=O)N1CCC[C@@H](C(=O)NCCOCc2ccccc2)C1. The Morgan fingerprint density at radius 1 is 1.32 bits per heavy atom. The normalized spacial score (nSPS) is 19.1. The Hall–Kier alpha value is -1.48. The van der Waals surface area contributed by atoms with E-state index in [0.717, 1.165) is 5.56 Å². The van der Waals surface area contributed by atoms with Crippen molar-refractivity contribution in [3.63, 3.8) is 0 Å². The summed E-state index contributed by atoms with van der Waals surface area (Å²) < 4.78 is 32.5. The zero-order chi connectivity index (χ0) is 18.3. The monoisotopic (exact) mass is 369 g/mol. The van der Waals surface area contributed by atoms with Gasteiger partial charge in [0.25, 0.3) is 10.2 Å². The third-order valence-electron chi connectivity index (χ3n) is 4.20. The van der Waals surface area contributed by atoms with Crippen LogP contribution in [0.25, 0.3) is 0 Å². The molecule has 1 N–H and O–H groups in total. The summed E-state index contributed by atoms with van der Waals surface area (Å²) >= 11 is 0. The topological polar surface area (TPSA) is 79.0 Å². The van der Waals surface area contributed by atoms with Crippen molar-refractivity contribution in [1.29, 1.82) is 0 Å². The smallest absolute Gasteiger partial charge is 0.281 e. The molecule has 0 radical (unpaired) electrons. The summed E-state index contributed by atoms with van der Waals surface area (Å²) in [4.78, 5) is 12.3. The second-order valence-electron chi connectivity index (χ2n) is 6.32. The number of benzene rings is 1. The Morgan fingerprint density at radius 3 is 2.72 bits per heavy atom. The summed E-state index contributed by atoms with van der Waals surface area (Å²) in [6.07, 6.45) is 1.39. The first-order valence-electron chi connectivity index (χ1n) is 8.48. The maximum absolute atomic E-state index is 12.3. The fourth-order valence-corrected chi connectivity index (χ4v) is 3.94. The van der Waals surface area contributed by atoms with Crippen LogP contribution < -0.4 is 5.32 Å². The highest BCUT2D eigenvalue weighted by Crippen LogP contribution is 2.20. The summed E-state index contributed by atoms with van der Waals surface area (Å²) in [7, 11) is -0.458. The number of nitrogens with zero attached hydrogens (tertiary/aromatic N) is 2. The molecule has 1 atom stereocenters. The van der Waals surface area contributed by atoms with Crippen LogP contribution in [-0.4, -0.2) is 63.3 Å². The average molecular weight is 369 g/mol. The number of hydrogen-bond donors (Lipinski definition) is 1. The summed E-state index contributed by atoms with van der Waals surface area (Å²) in [5, 5.41) is 2.84. The van der Waals surface area contributed by atoms with Gasteiger partial charge in [0.1, 0.15) is 0 Å². The molecule has 1 amide bonds. The van der Waals surface area contributed by atoms with Crippen molar-refractivity contribution in [3.8, 4) is 0 Å². The molecule has 1 heterocycles.